The van der Waals surface area contributed by atoms with Gasteiger partial charge in [-0.05, 0) is 17.7 Å². The Morgan fingerprint density at radius 3 is 2.75 bits per heavy atom. The molecule has 8 heteroatoms. The summed E-state index contributed by atoms with van der Waals surface area (Å²) in [5.41, 5.74) is -0.638. The normalized spacial score (nSPS) is 10.1. The monoisotopic (exact) mass is 333 g/mol. The zero-order valence-corrected chi connectivity index (χ0v) is 12.7. The van der Waals surface area contributed by atoms with Crippen LogP contribution in [-0.4, -0.2) is 29.3 Å². The van der Waals surface area contributed by atoms with Gasteiger partial charge in [0, 0.05) is 6.07 Å². The van der Waals surface area contributed by atoms with Crippen LogP contribution in [0.25, 0.3) is 0 Å². The summed E-state index contributed by atoms with van der Waals surface area (Å²) in [5, 5.41) is 6.27. The molecule has 0 bridgehead atoms. The van der Waals surface area contributed by atoms with E-state index in [1.807, 2.05) is 0 Å². The molecule has 1 heterocycles. The van der Waals surface area contributed by atoms with E-state index >= 15 is 0 Å². The van der Waals surface area contributed by atoms with E-state index in [1.165, 1.54) is 19.2 Å². The molecule has 0 aliphatic carbocycles. The number of carbonyl (C=O) groups excluding carboxylic acids is 1. The topological polar surface area (TPSA) is 73.2 Å². The number of amides is 1. The highest BCUT2D eigenvalue weighted by atomic mass is 19.2. The molecular formula is C16H13F2N3O3. The Balaban J connectivity index is 2.42. The molecule has 1 amide bonds. The Morgan fingerprint density at radius 1 is 1.38 bits per heavy atom. The molecule has 1 N–H and O–H groups in total. The molecule has 0 aliphatic heterocycles. The fourth-order valence-corrected chi connectivity index (χ4v) is 1.92. The largest absolute Gasteiger partial charge is 0.480 e. The Bertz CT molecular complexity index is 872. The lowest BCUT2D eigenvalue weighted by Crippen LogP contribution is -2.34. The summed E-state index contributed by atoms with van der Waals surface area (Å²) in [6.45, 7) is -0.214. The number of methoxy groups -OCH3 is 1. The fourth-order valence-electron chi connectivity index (χ4n) is 1.92. The second-order valence-electron chi connectivity index (χ2n) is 4.70. The Kier molecular flexibility index (Phi) is 5.27. The summed E-state index contributed by atoms with van der Waals surface area (Å²) < 4.78 is 32.1. The minimum absolute atomic E-state index is 0.0167. The van der Waals surface area contributed by atoms with Gasteiger partial charge in [0.15, 0.2) is 11.6 Å². The number of terminal acetylenes is 1. The molecule has 0 atom stereocenters. The predicted molar refractivity (Wildman–Crippen MR) is 81.7 cm³/mol. The molecule has 2 rings (SSSR count). The van der Waals surface area contributed by atoms with Crippen LogP contribution < -0.4 is 15.6 Å². The maximum atomic E-state index is 13.3. The van der Waals surface area contributed by atoms with Crippen LogP contribution in [0.1, 0.15) is 15.9 Å². The summed E-state index contributed by atoms with van der Waals surface area (Å²) in [6.07, 6.45) is 5.06. The molecule has 0 radical (unpaired) electrons. The van der Waals surface area contributed by atoms with Crippen LogP contribution in [0.3, 0.4) is 0 Å². The highest BCUT2D eigenvalue weighted by Gasteiger charge is 2.16. The van der Waals surface area contributed by atoms with Gasteiger partial charge in [-0.1, -0.05) is 12.0 Å². The molecule has 124 valence electrons. The van der Waals surface area contributed by atoms with Gasteiger partial charge in [-0.25, -0.2) is 13.5 Å². The molecule has 2 aromatic rings. The van der Waals surface area contributed by atoms with E-state index in [1.54, 1.807) is 0 Å². The molecule has 0 fully saturated rings. The Labute approximate surface area is 136 Å². The zero-order chi connectivity index (χ0) is 17.7. The summed E-state index contributed by atoms with van der Waals surface area (Å²) in [6, 6.07) is 4.37. The zero-order valence-electron chi connectivity index (χ0n) is 12.7. The van der Waals surface area contributed by atoms with E-state index in [0.29, 0.717) is 5.56 Å². The lowest BCUT2D eigenvalue weighted by Gasteiger charge is -2.10. The first kappa shape index (κ1) is 17.1. The van der Waals surface area contributed by atoms with Gasteiger partial charge in [0.2, 0.25) is 5.88 Å². The van der Waals surface area contributed by atoms with E-state index in [2.05, 4.69) is 16.3 Å². The molecule has 1 aromatic heterocycles. The van der Waals surface area contributed by atoms with E-state index in [-0.39, 0.29) is 24.5 Å². The first-order valence-corrected chi connectivity index (χ1v) is 6.78. The predicted octanol–water partition coefficient (Wildman–Crippen LogP) is 0.941. The molecule has 6 nitrogen and oxygen atoms in total. The summed E-state index contributed by atoms with van der Waals surface area (Å²) in [4.78, 5) is 24.3. The van der Waals surface area contributed by atoms with Crippen LogP contribution in [0, 0.1) is 24.0 Å². The van der Waals surface area contributed by atoms with Gasteiger partial charge in [-0.15, -0.1) is 11.5 Å². The third kappa shape index (κ3) is 3.76. The lowest BCUT2D eigenvalue weighted by atomic mass is 10.2. The second kappa shape index (κ2) is 7.37. The number of hydrogen-bond donors (Lipinski definition) is 1. The molecule has 0 unspecified atom stereocenters. The van der Waals surface area contributed by atoms with Gasteiger partial charge in [-0.2, -0.15) is 0 Å². The van der Waals surface area contributed by atoms with Gasteiger partial charge in [0.05, 0.1) is 20.2 Å². The van der Waals surface area contributed by atoms with Crippen molar-refractivity contribution in [2.45, 2.75) is 6.54 Å². The van der Waals surface area contributed by atoms with Crippen LogP contribution in [0.5, 0.6) is 5.88 Å². The molecule has 0 aliphatic rings. The first-order valence-electron chi connectivity index (χ1n) is 6.78. The summed E-state index contributed by atoms with van der Waals surface area (Å²) in [5.74, 6) is -0.495. The molecular weight excluding hydrogens is 320 g/mol. The average molecular weight is 333 g/mol. The van der Waals surface area contributed by atoms with E-state index in [9.17, 15) is 18.4 Å². The van der Waals surface area contributed by atoms with E-state index < -0.39 is 23.1 Å². The van der Waals surface area contributed by atoms with Gasteiger partial charge in [0.1, 0.15) is 5.56 Å². The highest BCUT2D eigenvalue weighted by Crippen LogP contribution is 2.11. The van der Waals surface area contributed by atoms with Crippen LogP contribution in [0.2, 0.25) is 0 Å². The quantitative estimate of drug-likeness (QED) is 0.827. The van der Waals surface area contributed by atoms with Crippen molar-refractivity contribution in [1.29, 1.82) is 0 Å². The molecule has 1 aromatic carbocycles. The standard InChI is InChI=1S/C16H13F2N3O3/c1-3-6-19-15(22)11-8-14(24-2)20-21(16(11)23)9-10-4-5-12(17)13(18)7-10/h1,4-5,7-8H,6,9H2,2H3,(H,19,22). The number of benzene rings is 1. The van der Waals surface area contributed by atoms with Crippen molar-refractivity contribution in [2.24, 2.45) is 0 Å². The minimum atomic E-state index is -1.05. The number of halogens is 2. The smallest absolute Gasteiger partial charge is 0.280 e. The van der Waals surface area contributed by atoms with Crippen molar-refractivity contribution in [3.63, 3.8) is 0 Å². The lowest BCUT2D eigenvalue weighted by molar-refractivity contribution is 0.0955. The average Bonchev–Trinajstić information content (AvgIpc) is 2.57. The van der Waals surface area contributed by atoms with Gasteiger partial charge in [-0.3, -0.25) is 9.59 Å². The van der Waals surface area contributed by atoms with Crippen LogP contribution in [0.15, 0.2) is 29.1 Å². The van der Waals surface area contributed by atoms with Crippen molar-refractivity contribution >= 4 is 5.91 Å². The number of nitrogens with one attached hydrogen (secondary N) is 1. The number of carbonyl (C=O) groups is 1. The van der Waals surface area contributed by atoms with Gasteiger partial charge in [0.25, 0.3) is 11.5 Å². The number of ether oxygens (including phenoxy) is 1. The molecule has 0 saturated carbocycles. The molecule has 0 spiro atoms. The van der Waals surface area contributed by atoms with Crippen molar-refractivity contribution in [3.05, 3.63) is 57.4 Å². The van der Waals surface area contributed by atoms with Gasteiger partial charge >= 0.3 is 0 Å². The van der Waals surface area contributed by atoms with Crippen molar-refractivity contribution in [1.82, 2.24) is 15.1 Å². The van der Waals surface area contributed by atoms with Crippen molar-refractivity contribution in [2.75, 3.05) is 13.7 Å². The maximum absolute atomic E-state index is 13.3. The second-order valence-corrected chi connectivity index (χ2v) is 4.70. The van der Waals surface area contributed by atoms with Crippen molar-refractivity contribution < 1.29 is 18.3 Å². The fraction of sp³-hybridized carbons (Fsp3) is 0.188. The van der Waals surface area contributed by atoms with E-state index in [0.717, 1.165) is 16.8 Å². The summed E-state index contributed by atoms with van der Waals surface area (Å²) >= 11 is 0. The number of hydrogen-bond acceptors (Lipinski definition) is 4. The van der Waals surface area contributed by atoms with E-state index in [4.69, 9.17) is 11.2 Å². The third-order valence-corrected chi connectivity index (χ3v) is 3.07. The van der Waals surface area contributed by atoms with Crippen LogP contribution >= 0.6 is 0 Å². The minimum Gasteiger partial charge on any atom is -0.480 e. The number of rotatable bonds is 5. The van der Waals surface area contributed by atoms with Gasteiger partial charge < -0.3 is 10.1 Å². The SMILES string of the molecule is C#CCNC(=O)c1cc(OC)nn(Cc2ccc(F)c(F)c2)c1=O. The maximum Gasteiger partial charge on any atom is 0.280 e. The van der Waals surface area contributed by atoms with Crippen LogP contribution in [0.4, 0.5) is 8.78 Å². The summed E-state index contributed by atoms with van der Waals surface area (Å²) in [7, 11) is 1.32. The molecule has 24 heavy (non-hydrogen) atoms. The Hall–Kier alpha value is -3.21. The highest BCUT2D eigenvalue weighted by molar-refractivity contribution is 5.94. The first-order chi connectivity index (χ1) is 11.5. The molecule has 0 saturated heterocycles. The number of nitrogens with zero attached hydrogens (tertiary/aromatic N) is 2. The van der Waals surface area contributed by atoms with Crippen molar-refractivity contribution in [3.8, 4) is 18.2 Å². The third-order valence-electron chi connectivity index (χ3n) is 3.07. The number of aromatic nitrogens is 2. The van der Waals surface area contributed by atoms with Crippen LogP contribution in [-0.2, 0) is 6.54 Å². The Morgan fingerprint density at radius 2 is 2.12 bits per heavy atom.